The molecule has 0 unspecified atom stereocenters. The number of amides is 2. The van der Waals surface area contributed by atoms with Crippen molar-refractivity contribution in [3.05, 3.63) is 59.4 Å². The number of nitrogens with zero attached hydrogens (tertiary/aromatic N) is 1. The van der Waals surface area contributed by atoms with Gasteiger partial charge in [-0.2, -0.15) is 5.10 Å². The SMILES string of the molecule is COc1cccc(/C=N\NC(=O)C(=O)NC[C@H]2CCCO2)c1OCc1ccc(F)cc1. The fraction of sp³-hybridized carbons (Fsp3) is 0.318. The third-order valence-corrected chi connectivity index (χ3v) is 4.62. The van der Waals surface area contributed by atoms with Crippen LogP contribution in [0.5, 0.6) is 11.5 Å². The Bertz CT molecular complexity index is 927. The largest absolute Gasteiger partial charge is 0.493 e. The number of para-hydroxylation sites is 1. The van der Waals surface area contributed by atoms with Gasteiger partial charge in [0, 0.05) is 18.7 Å². The van der Waals surface area contributed by atoms with E-state index in [9.17, 15) is 14.0 Å². The first-order chi connectivity index (χ1) is 15.1. The van der Waals surface area contributed by atoms with Crippen molar-refractivity contribution in [3.63, 3.8) is 0 Å². The van der Waals surface area contributed by atoms with Gasteiger partial charge in [-0.15, -0.1) is 0 Å². The number of ether oxygens (including phenoxy) is 3. The van der Waals surface area contributed by atoms with Crippen LogP contribution in [-0.2, 0) is 20.9 Å². The second-order valence-corrected chi connectivity index (χ2v) is 6.84. The number of nitrogens with one attached hydrogen (secondary N) is 2. The van der Waals surface area contributed by atoms with E-state index in [-0.39, 0.29) is 25.1 Å². The molecule has 2 aromatic carbocycles. The highest BCUT2D eigenvalue weighted by Gasteiger charge is 2.19. The molecule has 0 aromatic heterocycles. The maximum atomic E-state index is 13.1. The number of carbonyl (C=O) groups excluding carboxylic acids is 2. The molecule has 2 aromatic rings. The zero-order chi connectivity index (χ0) is 22.1. The summed E-state index contributed by atoms with van der Waals surface area (Å²) >= 11 is 0. The maximum Gasteiger partial charge on any atom is 0.329 e. The number of hydrazone groups is 1. The maximum absolute atomic E-state index is 13.1. The van der Waals surface area contributed by atoms with Crippen molar-refractivity contribution in [1.82, 2.24) is 10.7 Å². The first-order valence-corrected chi connectivity index (χ1v) is 9.84. The number of halogens is 1. The smallest absolute Gasteiger partial charge is 0.329 e. The molecule has 1 saturated heterocycles. The van der Waals surface area contributed by atoms with Crippen molar-refractivity contribution < 1.29 is 28.2 Å². The lowest BCUT2D eigenvalue weighted by molar-refractivity contribution is -0.139. The highest BCUT2D eigenvalue weighted by atomic mass is 19.1. The van der Waals surface area contributed by atoms with E-state index >= 15 is 0 Å². The van der Waals surface area contributed by atoms with Gasteiger partial charge in [0.2, 0.25) is 0 Å². The number of hydrogen-bond acceptors (Lipinski definition) is 6. The van der Waals surface area contributed by atoms with Crippen LogP contribution >= 0.6 is 0 Å². The minimum atomic E-state index is -0.883. The highest BCUT2D eigenvalue weighted by Crippen LogP contribution is 2.30. The van der Waals surface area contributed by atoms with Crippen molar-refractivity contribution in [1.29, 1.82) is 0 Å². The fourth-order valence-corrected chi connectivity index (χ4v) is 2.99. The predicted molar refractivity (Wildman–Crippen MR) is 111 cm³/mol. The lowest BCUT2D eigenvalue weighted by Crippen LogP contribution is -2.41. The molecule has 31 heavy (non-hydrogen) atoms. The van der Waals surface area contributed by atoms with Crippen LogP contribution in [0.2, 0.25) is 0 Å². The molecule has 9 heteroatoms. The molecule has 0 radical (unpaired) electrons. The second-order valence-electron chi connectivity index (χ2n) is 6.84. The van der Waals surface area contributed by atoms with E-state index in [1.165, 1.54) is 25.5 Å². The summed E-state index contributed by atoms with van der Waals surface area (Å²) in [6.45, 7) is 1.13. The molecule has 2 N–H and O–H groups in total. The Hall–Kier alpha value is -3.46. The first-order valence-electron chi connectivity index (χ1n) is 9.84. The van der Waals surface area contributed by atoms with Crippen molar-refractivity contribution in [2.24, 2.45) is 5.10 Å². The summed E-state index contributed by atoms with van der Waals surface area (Å²) in [5.41, 5.74) is 3.49. The van der Waals surface area contributed by atoms with Gasteiger partial charge in [0.1, 0.15) is 12.4 Å². The molecule has 1 aliphatic heterocycles. The number of rotatable bonds is 8. The van der Waals surface area contributed by atoms with Crippen LogP contribution in [-0.4, -0.2) is 44.4 Å². The van der Waals surface area contributed by atoms with E-state index in [1.807, 2.05) is 0 Å². The second kappa shape index (κ2) is 11.1. The van der Waals surface area contributed by atoms with E-state index in [4.69, 9.17) is 14.2 Å². The summed E-state index contributed by atoms with van der Waals surface area (Å²) in [6.07, 6.45) is 3.10. The van der Waals surface area contributed by atoms with Gasteiger partial charge in [-0.05, 0) is 42.7 Å². The van der Waals surface area contributed by atoms with Gasteiger partial charge in [0.25, 0.3) is 0 Å². The molecular formula is C22H24FN3O5. The summed E-state index contributed by atoms with van der Waals surface area (Å²) in [5.74, 6) is -1.14. The van der Waals surface area contributed by atoms with Crippen LogP contribution in [0, 0.1) is 5.82 Å². The number of methoxy groups -OCH3 is 1. The van der Waals surface area contributed by atoms with Gasteiger partial charge in [-0.3, -0.25) is 9.59 Å². The summed E-state index contributed by atoms with van der Waals surface area (Å²) in [7, 11) is 1.50. The lowest BCUT2D eigenvalue weighted by Gasteiger charge is -2.13. The molecule has 1 fully saturated rings. The molecule has 0 saturated carbocycles. The average molecular weight is 429 g/mol. The van der Waals surface area contributed by atoms with Crippen LogP contribution in [0.15, 0.2) is 47.6 Å². The first kappa shape index (κ1) is 22.2. The van der Waals surface area contributed by atoms with Crippen LogP contribution in [0.3, 0.4) is 0 Å². The lowest BCUT2D eigenvalue weighted by atomic mass is 10.2. The molecule has 164 valence electrons. The fourth-order valence-electron chi connectivity index (χ4n) is 2.99. The zero-order valence-electron chi connectivity index (χ0n) is 17.1. The Labute approximate surface area is 179 Å². The normalized spacial score (nSPS) is 15.6. The minimum absolute atomic E-state index is 0.0575. The monoisotopic (exact) mass is 429 g/mol. The van der Waals surface area contributed by atoms with E-state index in [2.05, 4.69) is 15.8 Å². The van der Waals surface area contributed by atoms with Crippen molar-refractivity contribution in [3.8, 4) is 11.5 Å². The molecule has 0 aliphatic carbocycles. The summed E-state index contributed by atoms with van der Waals surface area (Å²) in [6, 6.07) is 11.1. The van der Waals surface area contributed by atoms with Crippen molar-refractivity contribution >= 4 is 18.0 Å². The van der Waals surface area contributed by atoms with E-state index in [0.29, 0.717) is 23.7 Å². The minimum Gasteiger partial charge on any atom is -0.493 e. The zero-order valence-corrected chi connectivity index (χ0v) is 17.1. The molecule has 8 nitrogen and oxygen atoms in total. The molecule has 2 amide bonds. The molecular weight excluding hydrogens is 405 g/mol. The third kappa shape index (κ3) is 6.51. The van der Waals surface area contributed by atoms with Gasteiger partial charge >= 0.3 is 11.8 Å². The summed E-state index contributed by atoms with van der Waals surface area (Å²) in [4.78, 5) is 23.8. The Morgan fingerprint density at radius 2 is 2.03 bits per heavy atom. The summed E-state index contributed by atoms with van der Waals surface area (Å²) < 4.78 is 29.6. The standard InChI is InChI=1S/C22H24FN3O5/c1-29-19-6-2-4-16(20(19)31-14-15-7-9-17(23)10-8-15)12-25-26-22(28)21(27)24-13-18-5-3-11-30-18/h2,4,6-10,12,18H,3,5,11,13-14H2,1H3,(H,24,27)(H,26,28)/b25-12-/t18-/m1/s1. The number of benzene rings is 2. The van der Waals surface area contributed by atoms with Gasteiger partial charge in [0.05, 0.1) is 19.4 Å². The highest BCUT2D eigenvalue weighted by molar-refractivity contribution is 6.35. The van der Waals surface area contributed by atoms with Crippen LogP contribution in [0.4, 0.5) is 4.39 Å². The Balaban J connectivity index is 1.59. The van der Waals surface area contributed by atoms with Gasteiger partial charge < -0.3 is 19.5 Å². The number of hydrogen-bond donors (Lipinski definition) is 2. The molecule has 1 heterocycles. The van der Waals surface area contributed by atoms with Crippen molar-refractivity contribution in [2.45, 2.75) is 25.6 Å². The third-order valence-electron chi connectivity index (χ3n) is 4.62. The molecule has 1 atom stereocenters. The Kier molecular flexibility index (Phi) is 7.94. The van der Waals surface area contributed by atoms with Gasteiger partial charge in [-0.25, -0.2) is 9.82 Å². The Morgan fingerprint density at radius 3 is 2.74 bits per heavy atom. The molecule has 1 aliphatic rings. The van der Waals surface area contributed by atoms with E-state index < -0.39 is 11.8 Å². The van der Waals surface area contributed by atoms with Crippen LogP contribution in [0.25, 0.3) is 0 Å². The average Bonchev–Trinajstić information content (AvgIpc) is 3.31. The Morgan fingerprint density at radius 1 is 1.23 bits per heavy atom. The van der Waals surface area contributed by atoms with Crippen LogP contribution < -0.4 is 20.2 Å². The quantitative estimate of drug-likeness (QED) is 0.381. The van der Waals surface area contributed by atoms with E-state index in [0.717, 1.165) is 18.4 Å². The van der Waals surface area contributed by atoms with E-state index in [1.54, 1.807) is 30.3 Å². The topological polar surface area (TPSA) is 98.2 Å². The predicted octanol–water partition coefficient (Wildman–Crippen LogP) is 2.16. The number of carbonyl (C=O) groups is 2. The molecule has 3 rings (SSSR count). The van der Waals surface area contributed by atoms with Crippen molar-refractivity contribution in [2.75, 3.05) is 20.3 Å². The van der Waals surface area contributed by atoms with Gasteiger partial charge in [0.15, 0.2) is 11.5 Å². The van der Waals surface area contributed by atoms with Gasteiger partial charge in [-0.1, -0.05) is 18.2 Å². The molecule has 0 bridgehead atoms. The summed E-state index contributed by atoms with van der Waals surface area (Å²) in [5, 5.41) is 6.37. The molecule has 0 spiro atoms. The van der Waals surface area contributed by atoms with Crippen LogP contribution in [0.1, 0.15) is 24.0 Å².